The van der Waals surface area contributed by atoms with Crippen molar-refractivity contribution in [2.24, 2.45) is 0 Å². The molecule has 2 aromatic heterocycles. The molecule has 0 aliphatic heterocycles. The van der Waals surface area contributed by atoms with Gasteiger partial charge in [0.15, 0.2) is 5.69 Å². The summed E-state index contributed by atoms with van der Waals surface area (Å²) in [6.07, 6.45) is -2.82. The van der Waals surface area contributed by atoms with Gasteiger partial charge in [-0.25, -0.2) is 4.98 Å². The SMILES string of the molecule is CN(Cc1ccccc1)c1ccc(OCc2c(-c3c(Cl)cccc3Cl)noc2C2CC2)nc1C(F)(F)F. The van der Waals surface area contributed by atoms with Gasteiger partial charge < -0.3 is 14.2 Å². The monoisotopic (exact) mass is 547 g/mol. The van der Waals surface area contributed by atoms with Gasteiger partial charge in [-0.05, 0) is 36.6 Å². The van der Waals surface area contributed by atoms with E-state index in [-0.39, 0.29) is 24.1 Å². The topological polar surface area (TPSA) is 51.4 Å². The summed E-state index contributed by atoms with van der Waals surface area (Å²) in [6.45, 7) is 0.189. The normalized spacial score (nSPS) is 13.6. The van der Waals surface area contributed by atoms with E-state index in [0.29, 0.717) is 39.2 Å². The number of benzene rings is 2. The second kappa shape index (κ2) is 10.3. The van der Waals surface area contributed by atoms with Crippen LogP contribution in [0.5, 0.6) is 5.88 Å². The Kier molecular flexibility index (Phi) is 7.05. The number of hydrogen-bond acceptors (Lipinski definition) is 5. The molecule has 2 heterocycles. The van der Waals surface area contributed by atoms with Gasteiger partial charge in [-0.15, -0.1) is 0 Å². The summed E-state index contributed by atoms with van der Waals surface area (Å²) < 4.78 is 53.4. The molecular formula is C27H22Cl2F3N3O2. The van der Waals surface area contributed by atoms with Crippen LogP contribution in [0.3, 0.4) is 0 Å². The maximum absolute atomic E-state index is 14.0. The molecule has 0 N–H and O–H groups in total. The van der Waals surface area contributed by atoms with Crippen LogP contribution in [0.25, 0.3) is 11.3 Å². The first-order valence-corrected chi connectivity index (χ1v) is 12.4. The molecule has 0 spiro atoms. The van der Waals surface area contributed by atoms with Crippen molar-refractivity contribution in [3.63, 3.8) is 0 Å². The molecule has 1 fully saturated rings. The van der Waals surface area contributed by atoms with Crippen LogP contribution in [-0.2, 0) is 19.3 Å². The lowest BCUT2D eigenvalue weighted by Gasteiger charge is -2.23. The zero-order chi connectivity index (χ0) is 26.2. The van der Waals surface area contributed by atoms with Crippen molar-refractivity contribution >= 4 is 28.9 Å². The van der Waals surface area contributed by atoms with E-state index < -0.39 is 11.9 Å². The highest BCUT2D eigenvalue weighted by Crippen LogP contribution is 2.46. The number of halogens is 5. The Labute approximate surface area is 221 Å². The summed E-state index contributed by atoms with van der Waals surface area (Å²) >= 11 is 12.8. The highest BCUT2D eigenvalue weighted by atomic mass is 35.5. The van der Waals surface area contributed by atoms with Crippen molar-refractivity contribution in [3.8, 4) is 17.1 Å². The first kappa shape index (κ1) is 25.4. The maximum atomic E-state index is 14.0. The van der Waals surface area contributed by atoms with Gasteiger partial charge in [0, 0.05) is 31.1 Å². The second-order valence-corrected chi connectivity index (χ2v) is 9.70. The summed E-state index contributed by atoms with van der Waals surface area (Å²) in [5.41, 5.74) is 1.30. The number of alkyl halides is 3. The van der Waals surface area contributed by atoms with Crippen molar-refractivity contribution in [2.75, 3.05) is 11.9 Å². The van der Waals surface area contributed by atoms with E-state index in [1.165, 1.54) is 17.0 Å². The van der Waals surface area contributed by atoms with Crippen molar-refractivity contribution in [1.82, 2.24) is 10.1 Å². The molecule has 0 bridgehead atoms. The Morgan fingerprint density at radius 2 is 1.70 bits per heavy atom. The third kappa shape index (κ3) is 5.55. The van der Waals surface area contributed by atoms with Gasteiger partial charge in [0.2, 0.25) is 5.88 Å². The largest absolute Gasteiger partial charge is 0.473 e. The summed E-state index contributed by atoms with van der Waals surface area (Å²) in [5, 5.41) is 4.95. The van der Waals surface area contributed by atoms with Crippen LogP contribution in [0.1, 0.15) is 41.3 Å². The zero-order valence-electron chi connectivity index (χ0n) is 19.7. The van der Waals surface area contributed by atoms with E-state index in [1.54, 1.807) is 25.2 Å². The van der Waals surface area contributed by atoms with Crippen molar-refractivity contribution in [3.05, 3.63) is 93.3 Å². The van der Waals surface area contributed by atoms with Crippen LogP contribution in [-0.4, -0.2) is 17.2 Å². The smallest absolute Gasteiger partial charge is 0.435 e. The molecule has 1 aliphatic carbocycles. The number of pyridine rings is 1. The van der Waals surface area contributed by atoms with Crippen LogP contribution in [0.2, 0.25) is 10.0 Å². The van der Waals surface area contributed by atoms with Crippen LogP contribution >= 0.6 is 23.2 Å². The third-order valence-corrected chi connectivity index (χ3v) is 6.75. The number of rotatable bonds is 8. The lowest BCUT2D eigenvalue weighted by Crippen LogP contribution is -2.22. The van der Waals surface area contributed by atoms with E-state index in [2.05, 4.69) is 10.1 Å². The van der Waals surface area contributed by atoms with Gasteiger partial charge in [-0.2, -0.15) is 13.2 Å². The van der Waals surface area contributed by atoms with Gasteiger partial charge in [-0.3, -0.25) is 0 Å². The van der Waals surface area contributed by atoms with E-state index >= 15 is 0 Å². The minimum atomic E-state index is -4.67. The van der Waals surface area contributed by atoms with Gasteiger partial charge in [0.25, 0.3) is 0 Å². The number of hydrogen-bond donors (Lipinski definition) is 0. The fourth-order valence-electron chi connectivity index (χ4n) is 4.17. The van der Waals surface area contributed by atoms with Crippen LogP contribution < -0.4 is 9.64 Å². The van der Waals surface area contributed by atoms with Crippen LogP contribution in [0, 0.1) is 0 Å². The molecule has 1 aliphatic rings. The lowest BCUT2D eigenvalue weighted by molar-refractivity contribution is -0.140. The van der Waals surface area contributed by atoms with E-state index in [1.807, 2.05) is 30.3 Å². The quantitative estimate of drug-likeness (QED) is 0.222. The fraction of sp³-hybridized carbons (Fsp3) is 0.259. The standard InChI is InChI=1S/C27H22Cl2F3N3O2/c1-35(14-16-6-3-2-4-7-16)21-12-13-22(33-26(21)27(30,31)32)36-15-18-24(34-37-25(18)17-10-11-17)23-19(28)8-5-9-20(23)29/h2-9,12-13,17H,10-11,14-15H2,1H3. The molecule has 0 saturated heterocycles. The maximum Gasteiger partial charge on any atom is 0.435 e. The Morgan fingerprint density at radius 3 is 2.35 bits per heavy atom. The highest BCUT2D eigenvalue weighted by molar-refractivity contribution is 6.39. The number of aromatic nitrogens is 2. The molecule has 0 radical (unpaired) electrons. The number of anilines is 1. The molecule has 5 nitrogen and oxygen atoms in total. The third-order valence-electron chi connectivity index (χ3n) is 6.12. The second-order valence-electron chi connectivity index (χ2n) is 8.89. The molecule has 5 rings (SSSR count). The van der Waals surface area contributed by atoms with Crippen molar-refractivity contribution in [1.29, 1.82) is 0 Å². The molecule has 0 atom stereocenters. The van der Waals surface area contributed by atoms with Gasteiger partial charge in [-0.1, -0.05) is 64.8 Å². The predicted molar refractivity (Wildman–Crippen MR) is 136 cm³/mol. The van der Waals surface area contributed by atoms with Gasteiger partial charge >= 0.3 is 6.18 Å². The average Bonchev–Trinajstić information content (AvgIpc) is 3.63. The first-order valence-electron chi connectivity index (χ1n) is 11.6. The van der Waals surface area contributed by atoms with Gasteiger partial charge in [0.1, 0.15) is 18.1 Å². The Balaban J connectivity index is 1.44. The summed E-state index contributed by atoms with van der Waals surface area (Å²) in [5.74, 6) is 0.637. The van der Waals surface area contributed by atoms with E-state index in [9.17, 15) is 13.2 Å². The summed E-state index contributed by atoms with van der Waals surface area (Å²) in [7, 11) is 1.60. The fourth-order valence-corrected chi connectivity index (χ4v) is 4.74. The molecule has 1 saturated carbocycles. The summed E-state index contributed by atoms with van der Waals surface area (Å²) in [4.78, 5) is 5.35. The van der Waals surface area contributed by atoms with Crippen molar-refractivity contribution < 1.29 is 22.4 Å². The molecule has 37 heavy (non-hydrogen) atoms. The Hall–Kier alpha value is -3.23. The molecule has 192 valence electrons. The number of nitrogens with zero attached hydrogens (tertiary/aromatic N) is 3. The molecular weight excluding hydrogens is 526 g/mol. The molecule has 0 amide bonds. The zero-order valence-corrected chi connectivity index (χ0v) is 21.2. The molecule has 10 heteroatoms. The van der Waals surface area contributed by atoms with E-state index in [0.717, 1.165) is 18.4 Å². The predicted octanol–water partition coefficient (Wildman–Crippen LogP) is 8.16. The molecule has 2 aromatic carbocycles. The van der Waals surface area contributed by atoms with Crippen molar-refractivity contribution in [2.45, 2.75) is 38.1 Å². The van der Waals surface area contributed by atoms with E-state index in [4.69, 9.17) is 32.5 Å². The summed E-state index contributed by atoms with van der Waals surface area (Å²) in [6, 6.07) is 17.1. The Bertz CT molecular complexity index is 1390. The Morgan fingerprint density at radius 1 is 1.00 bits per heavy atom. The lowest BCUT2D eigenvalue weighted by atomic mass is 10.0. The minimum absolute atomic E-state index is 0.0455. The van der Waals surface area contributed by atoms with Crippen LogP contribution in [0.4, 0.5) is 18.9 Å². The van der Waals surface area contributed by atoms with Crippen LogP contribution in [0.15, 0.2) is 65.2 Å². The minimum Gasteiger partial charge on any atom is -0.473 e. The average molecular weight is 548 g/mol. The molecule has 0 unspecified atom stereocenters. The highest BCUT2D eigenvalue weighted by Gasteiger charge is 2.38. The molecule has 4 aromatic rings. The first-order chi connectivity index (χ1) is 17.7. The van der Waals surface area contributed by atoms with Gasteiger partial charge in [0.05, 0.1) is 21.3 Å². The number of ether oxygens (including phenoxy) is 1.